The first-order chi connectivity index (χ1) is 18.3. The van der Waals surface area contributed by atoms with Crippen molar-refractivity contribution >= 4 is 28.4 Å². The molecule has 38 heavy (non-hydrogen) atoms. The highest BCUT2D eigenvalue weighted by Crippen LogP contribution is 2.67. The summed E-state index contributed by atoms with van der Waals surface area (Å²) in [5, 5.41) is 4.13. The van der Waals surface area contributed by atoms with Gasteiger partial charge in [0, 0.05) is 47.6 Å². The molecule has 7 heteroatoms. The number of aromatic amines is 1. The summed E-state index contributed by atoms with van der Waals surface area (Å²) in [6.45, 7) is 6.87. The van der Waals surface area contributed by atoms with Gasteiger partial charge in [-0.2, -0.15) is 0 Å². The van der Waals surface area contributed by atoms with Gasteiger partial charge in [0.2, 0.25) is 11.8 Å². The second-order valence-electron chi connectivity index (χ2n) is 10.7. The maximum Gasteiger partial charge on any atom is 0.244 e. The van der Waals surface area contributed by atoms with E-state index in [1.165, 1.54) is 10.9 Å². The Hall–Kier alpha value is -4.13. The summed E-state index contributed by atoms with van der Waals surface area (Å²) in [6, 6.07) is 19.3. The second-order valence-corrected chi connectivity index (χ2v) is 10.7. The third kappa shape index (κ3) is 5.14. The van der Waals surface area contributed by atoms with Crippen LogP contribution in [0.25, 0.3) is 10.9 Å². The Balaban J connectivity index is 1.33. The molecule has 2 N–H and O–H groups in total. The Bertz CT molecular complexity index is 1440. The highest BCUT2D eigenvalue weighted by Gasteiger charge is 2.59. The molecule has 2 atom stereocenters. The number of aryl methyl sites for hydroxylation is 1. The van der Waals surface area contributed by atoms with Gasteiger partial charge in [0.05, 0.1) is 7.11 Å². The lowest BCUT2D eigenvalue weighted by atomic mass is 10.0. The summed E-state index contributed by atoms with van der Waals surface area (Å²) >= 11 is 0. The first kappa shape index (κ1) is 25.5. The Morgan fingerprint density at radius 3 is 2.55 bits per heavy atom. The number of carbonyl (C=O) groups excluding carboxylic acids is 2. The number of methoxy groups -OCH3 is 1. The number of aromatic nitrogens is 2. The topological polar surface area (TPSA) is 87.3 Å². The fraction of sp³-hybridized carbons (Fsp3) is 0.323. The molecule has 1 fully saturated rings. The van der Waals surface area contributed by atoms with Gasteiger partial charge in [-0.15, -0.1) is 0 Å². The van der Waals surface area contributed by atoms with Crippen molar-refractivity contribution in [2.45, 2.75) is 39.7 Å². The molecule has 0 saturated heterocycles. The number of para-hydroxylation sites is 1. The Morgan fingerprint density at radius 2 is 1.84 bits per heavy atom. The minimum absolute atomic E-state index is 0.0172. The van der Waals surface area contributed by atoms with Crippen LogP contribution in [0.4, 0.5) is 5.69 Å². The molecular weight excluding hydrogens is 476 g/mol. The third-order valence-electron chi connectivity index (χ3n) is 7.86. The summed E-state index contributed by atoms with van der Waals surface area (Å²) in [5.41, 5.74) is 5.11. The van der Waals surface area contributed by atoms with Crippen molar-refractivity contribution in [3.8, 4) is 5.75 Å². The number of carbonyl (C=O) groups is 2. The largest absolute Gasteiger partial charge is 0.497 e. The molecule has 1 aliphatic rings. The molecule has 0 bridgehead atoms. The van der Waals surface area contributed by atoms with Crippen LogP contribution in [0.5, 0.6) is 5.75 Å². The smallest absolute Gasteiger partial charge is 0.244 e. The highest BCUT2D eigenvalue weighted by molar-refractivity contribution is 5.94. The van der Waals surface area contributed by atoms with Crippen LogP contribution in [0.1, 0.15) is 43.0 Å². The maximum absolute atomic E-state index is 13.7. The van der Waals surface area contributed by atoms with Gasteiger partial charge in [-0.25, -0.2) is 0 Å². The fourth-order valence-corrected chi connectivity index (χ4v) is 5.71. The van der Waals surface area contributed by atoms with E-state index in [9.17, 15) is 9.59 Å². The van der Waals surface area contributed by atoms with Crippen molar-refractivity contribution in [2.24, 2.45) is 11.3 Å². The quantitative estimate of drug-likeness (QED) is 0.303. The molecule has 0 aliphatic heterocycles. The van der Waals surface area contributed by atoms with E-state index in [-0.39, 0.29) is 35.6 Å². The number of hydrogen-bond acceptors (Lipinski definition) is 4. The molecule has 4 aromatic rings. The molecule has 1 saturated carbocycles. The van der Waals surface area contributed by atoms with Gasteiger partial charge in [-0.3, -0.25) is 14.6 Å². The van der Waals surface area contributed by atoms with Crippen LogP contribution < -0.4 is 10.1 Å². The Labute approximate surface area is 223 Å². The van der Waals surface area contributed by atoms with Crippen molar-refractivity contribution in [2.75, 3.05) is 19.0 Å². The summed E-state index contributed by atoms with van der Waals surface area (Å²) in [6.07, 6.45) is 3.82. The Kier molecular flexibility index (Phi) is 6.93. The van der Waals surface area contributed by atoms with Crippen molar-refractivity contribution < 1.29 is 14.3 Å². The molecule has 2 aromatic carbocycles. The number of nitrogens with one attached hydrogen (secondary N) is 2. The first-order valence-corrected chi connectivity index (χ1v) is 13.0. The van der Waals surface area contributed by atoms with Crippen molar-refractivity contribution in [1.82, 2.24) is 14.9 Å². The van der Waals surface area contributed by atoms with Crippen molar-refractivity contribution in [3.05, 3.63) is 89.9 Å². The molecular formula is C31H34N4O3. The van der Waals surface area contributed by atoms with E-state index in [0.717, 1.165) is 16.8 Å². The number of benzene rings is 2. The lowest BCUT2D eigenvalue weighted by Gasteiger charge is -2.23. The normalized spacial score (nSPS) is 17.7. The zero-order chi connectivity index (χ0) is 26.9. The predicted octanol–water partition coefficient (Wildman–Crippen LogP) is 5.68. The number of H-pyrrole nitrogens is 1. The molecule has 2 amide bonds. The van der Waals surface area contributed by atoms with Gasteiger partial charge in [-0.1, -0.05) is 38.1 Å². The molecule has 1 aliphatic carbocycles. The van der Waals surface area contributed by atoms with Gasteiger partial charge in [-0.05, 0) is 71.7 Å². The first-order valence-electron chi connectivity index (χ1n) is 13.0. The van der Waals surface area contributed by atoms with E-state index in [1.54, 1.807) is 48.7 Å². The summed E-state index contributed by atoms with van der Waals surface area (Å²) in [7, 11) is 1.60. The van der Waals surface area contributed by atoms with Gasteiger partial charge >= 0.3 is 0 Å². The fourth-order valence-electron chi connectivity index (χ4n) is 5.71. The number of nitrogens with zero attached hydrogens (tertiary/aromatic N) is 2. The zero-order valence-corrected chi connectivity index (χ0v) is 22.3. The van der Waals surface area contributed by atoms with E-state index >= 15 is 0 Å². The minimum Gasteiger partial charge on any atom is -0.497 e. The number of ether oxygens (including phenoxy) is 1. The van der Waals surface area contributed by atoms with Gasteiger partial charge < -0.3 is 19.9 Å². The van der Waals surface area contributed by atoms with Crippen molar-refractivity contribution in [1.29, 1.82) is 0 Å². The number of fused-ring (bicyclic) bond motifs is 1. The van der Waals surface area contributed by atoms with Crippen molar-refractivity contribution in [3.63, 3.8) is 0 Å². The van der Waals surface area contributed by atoms with E-state index in [1.807, 2.05) is 18.2 Å². The SMILES string of the molecule is COc1ccc(NC(=O)CN(Cc2cccnc2)C(=O)C[C@@H]2[C@H](c3c(C)[nH]c4ccccc34)C2(C)C)cc1. The maximum atomic E-state index is 13.7. The zero-order valence-electron chi connectivity index (χ0n) is 22.3. The summed E-state index contributed by atoms with van der Waals surface area (Å²) in [5.74, 6) is 0.900. The van der Waals surface area contributed by atoms with E-state index < -0.39 is 0 Å². The molecule has 5 rings (SSSR count). The summed E-state index contributed by atoms with van der Waals surface area (Å²) < 4.78 is 5.19. The number of amides is 2. The van der Waals surface area contributed by atoms with Crippen LogP contribution in [-0.2, 0) is 16.1 Å². The second kappa shape index (κ2) is 10.3. The van der Waals surface area contributed by atoms with Crippen LogP contribution in [0.3, 0.4) is 0 Å². The third-order valence-corrected chi connectivity index (χ3v) is 7.86. The monoisotopic (exact) mass is 510 g/mol. The van der Waals surface area contributed by atoms with Crippen LogP contribution in [-0.4, -0.2) is 40.3 Å². The number of rotatable bonds is 9. The van der Waals surface area contributed by atoms with Crippen LogP contribution in [0, 0.1) is 18.3 Å². The summed E-state index contributed by atoms with van der Waals surface area (Å²) in [4.78, 5) is 36.0. The average Bonchev–Trinajstić information content (AvgIpc) is 3.26. The molecule has 2 aromatic heterocycles. The lowest BCUT2D eigenvalue weighted by Crippen LogP contribution is -2.38. The van der Waals surface area contributed by atoms with Crippen LogP contribution in [0.15, 0.2) is 73.1 Å². The van der Waals surface area contributed by atoms with Crippen LogP contribution in [0.2, 0.25) is 0 Å². The molecule has 7 nitrogen and oxygen atoms in total. The number of anilines is 1. The van der Waals surface area contributed by atoms with Gasteiger partial charge in [0.25, 0.3) is 0 Å². The average molecular weight is 511 g/mol. The van der Waals surface area contributed by atoms with Gasteiger partial charge in [0.1, 0.15) is 12.3 Å². The highest BCUT2D eigenvalue weighted by atomic mass is 16.5. The van der Waals surface area contributed by atoms with E-state index in [4.69, 9.17) is 4.74 Å². The lowest BCUT2D eigenvalue weighted by molar-refractivity contribution is -0.135. The van der Waals surface area contributed by atoms with E-state index in [0.29, 0.717) is 24.4 Å². The Morgan fingerprint density at radius 1 is 1.08 bits per heavy atom. The predicted molar refractivity (Wildman–Crippen MR) is 149 cm³/mol. The molecule has 0 spiro atoms. The van der Waals surface area contributed by atoms with E-state index in [2.05, 4.69) is 54.3 Å². The number of hydrogen-bond donors (Lipinski definition) is 2. The molecule has 0 unspecified atom stereocenters. The molecule has 0 radical (unpaired) electrons. The van der Waals surface area contributed by atoms with Crippen LogP contribution >= 0.6 is 0 Å². The standard InChI is InChI=1S/C31H34N4O3/c1-20-29(24-9-5-6-10-26(24)33-20)30-25(31(30,2)3)16-28(37)35(18-21-8-7-15-32-17-21)19-27(36)34-22-11-13-23(38-4)14-12-22/h5-15,17,25,30,33H,16,18-19H2,1-4H3,(H,34,36)/t25-,30-/m1/s1. The molecule has 2 heterocycles. The minimum atomic E-state index is -0.244. The number of pyridine rings is 1. The molecule has 196 valence electrons. The van der Waals surface area contributed by atoms with Gasteiger partial charge in [0.15, 0.2) is 0 Å².